The summed E-state index contributed by atoms with van der Waals surface area (Å²) in [6, 6.07) is 7.06. The molecule has 0 bridgehead atoms. The van der Waals surface area contributed by atoms with Crippen LogP contribution < -0.4 is 4.74 Å². The molecule has 0 saturated heterocycles. The molecule has 20 heavy (non-hydrogen) atoms. The molecule has 1 aromatic carbocycles. The van der Waals surface area contributed by atoms with E-state index in [-0.39, 0.29) is 11.7 Å². The van der Waals surface area contributed by atoms with Crippen molar-refractivity contribution in [2.24, 2.45) is 0 Å². The summed E-state index contributed by atoms with van der Waals surface area (Å²) in [5.74, 6) is 0.674. The van der Waals surface area contributed by atoms with Crippen LogP contribution in [0.4, 0.5) is 0 Å². The molecule has 0 spiro atoms. The number of oxazole rings is 1. The van der Waals surface area contributed by atoms with Crippen molar-refractivity contribution in [3.05, 3.63) is 48.2 Å². The summed E-state index contributed by atoms with van der Waals surface area (Å²) in [6.07, 6.45) is 7.56. The van der Waals surface area contributed by atoms with Gasteiger partial charge in [-0.3, -0.25) is 4.79 Å². The topological polar surface area (TPSA) is 52.3 Å². The zero-order chi connectivity index (χ0) is 14.2. The normalized spacial score (nSPS) is 10.4. The molecule has 0 aliphatic rings. The third-order valence-corrected chi connectivity index (χ3v) is 3.01. The van der Waals surface area contributed by atoms with E-state index in [4.69, 9.17) is 9.15 Å². The molecule has 0 N–H and O–H groups in total. The number of nitrogens with zero attached hydrogens (tertiary/aromatic N) is 1. The van der Waals surface area contributed by atoms with Crippen LogP contribution in [-0.2, 0) is 0 Å². The second-order valence-electron chi connectivity index (χ2n) is 4.60. The van der Waals surface area contributed by atoms with E-state index in [0.717, 1.165) is 12.2 Å². The summed E-state index contributed by atoms with van der Waals surface area (Å²) in [7, 11) is 0. The number of rotatable bonds is 8. The Morgan fingerprint density at radius 2 is 2.00 bits per heavy atom. The largest absolute Gasteiger partial charge is 0.494 e. The Hall–Kier alpha value is -2.10. The van der Waals surface area contributed by atoms with Gasteiger partial charge in [0, 0.05) is 5.56 Å². The van der Waals surface area contributed by atoms with Crippen LogP contribution in [-0.4, -0.2) is 17.4 Å². The predicted octanol–water partition coefficient (Wildman–Crippen LogP) is 3.86. The highest BCUT2D eigenvalue weighted by Gasteiger charge is 2.13. The fraction of sp³-hybridized carbons (Fsp3) is 0.375. The van der Waals surface area contributed by atoms with Crippen LogP contribution in [0.5, 0.6) is 5.75 Å². The van der Waals surface area contributed by atoms with Crippen LogP contribution in [0.15, 0.2) is 41.1 Å². The van der Waals surface area contributed by atoms with Crippen molar-refractivity contribution in [1.29, 1.82) is 0 Å². The van der Waals surface area contributed by atoms with Crippen molar-refractivity contribution in [2.45, 2.75) is 32.6 Å². The first kappa shape index (κ1) is 14.3. The van der Waals surface area contributed by atoms with Gasteiger partial charge in [-0.2, -0.15) is 0 Å². The van der Waals surface area contributed by atoms with Crippen molar-refractivity contribution in [1.82, 2.24) is 4.98 Å². The van der Waals surface area contributed by atoms with Crippen molar-refractivity contribution >= 4 is 5.78 Å². The quantitative estimate of drug-likeness (QED) is 0.541. The van der Waals surface area contributed by atoms with Gasteiger partial charge in [0.15, 0.2) is 0 Å². The van der Waals surface area contributed by atoms with E-state index in [1.54, 1.807) is 24.3 Å². The second-order valence-corrected chi connectivity index (χ2v) is 4.60. The van der Waals surface area contributed by atoms with Gasteiger partial charge in [0.25, 0.3) is 5.89 Å². The minimum Gasteiger partial charge on any atom is -0.494 e. The van der Waals surface area contributed by atoms with Crippen LogP contribution in [0.1, 0.15) is 48.9 Å². The van der Waals surface area contributed by atoms with Crippen molar-refractivity contribution in [2.75, 3.05) is 6.61 Å². The second kappa shape index (κ2) is 7.48. The Kier molecular flexibility index (Phi) is 5.35. The molecular weight excluding hydrogens is 254 g/mol. The summed E-state index contributed by atoms with van der Waals surface area (Å²) in [4.78, 5) is 15.8. The zero-order valence-corrected chi connectivity index (χ0v) is 11.7. The SMILES string of the molecule is CCCCCCOc1ccc(C(=O)c2ncco2)cc1. The molecule has 0 atom stereocenters. The lowest BCUT2D eigenvalue weighted by atomic mass is 10.1. The average molecular weight is 273 g/mol. The van der Waals surface area contributed by atoms with Gasteiger partial charge in [-0.05, 0) is 30.7 Å². The molecule has 4 nitrogen and oxygen atoms in total. The van der Waals surface area contributed by atoms with Crippen molar-refractivity contribution in [3.63, 3.8) is 0 Å². The smallest absolute Gasteiger partial charge is 0.268 e. The molecule has 0 saturated carbocycles. The summed E-state index contributed by atoms with van der Waals surface area (Å²) < 4.78 is 10.6. The van der Waals surface area contributed by atoms with E-state index in [0.29, 0.717) is 12.2 Å². The molecule has 0 amide bonds. The highest BCUT2D eigenvalue weighted by atomic mass is 16.5. The van der Waals surface area contributed by atoms with E-state index in [1.165, 1.54) is 31.7 Å². The molecule has 2 rings (SSSR count). The Bertz CT molecular complexity index is 517. The van der Waals surface area contributed by atoms with Crippen LogP contribution >= 0.6 is 0 Å². The lowest BCUT2D eigenvalue weighted by Crippen LogP contribution is -2.02. The summed E-state index contributed by atoms with van der Waals surface area (Å²) in [6.45, 7) is 2.90. The molecule has 0 aliphatic heterocycles. The predicted molar refractivity (Wildman–Crippen MR) is 76.0 cm³/mol. The van der Waals surface area contributed by atoms with Gasteiger partial charge >= 0.3 is 0 Å². The van der Waals surface area contributed by atoms with E-state index in [1.807, 2.05) is 0 Å². The van der Waals surface area contributed by atoms with Crippen LogP contribution in [0, 0.1) is 0 Å². The average Bonchev–Trinajstić information content (AvgIpc) is 3.01. The highest BCUT2D eigenvalue weighted by Crippen LogP contribution is 2.15. The molecule has 0 aliphatic carbocycles. The van der Waals surface area contributed by atoms with Gasteiger partial charge in [0.2, 0.25) is 5.78 Å². The Morgan fingerprint density at radius 1 is 1.20 bits per heavy atom. The lowest BCUT2D eigenvalue weighted by molar-refractivity contribution is 0.100. The number of carbonyl (C=O) groups excluding carboxylic acids is 1. The van der Waals surface area contributed by atoms with E-state index in [2.05, 4.69) is 11.9 Å². The standard InChI is InChI=1S/C16H19NO3/c1-2-3-4-5-11-19-14-8-6-13(7-9-14)15(18)16-17-10-12-20-16/h6-10,12H,2-5,11H2,1H3. The number of carbonyl (C=O) groups is 1. The number of hydrogen-bond acceptors (Lipinski definition) is 4. The van der Waals surface area contributed by atoms with Gasteiger partial charge in [0.05, 0.1) is 12.8 Å². The maximum absolute atomic E-state index is 12.0. The first-order chi connectivity index (χ1) is 9.81. The highest BCUT2D eigenvalue weighted by molar-refractivity contribution is 6.05. The Morgan fingerprint density at radius 3 is 2.65 bits per heavy atom. The molecule has 1 heterocycles. The molecule has 2 aromatic rings. The fourth-order valence-corrected chi connectivity index (χ4v) is 1.88. The molecule has 0 fully saturated rings. The Balaban J connectivity index is 1.85. The lowest BCUT2D eigenvalue weighted by Gasteiger charge is -2.06. The first-order valence-electron chi connectivity index (χ1n) is 6.98. The van der Waals surface area contributed by atoms with Crippen LogP contribution in [0.2, 0.25) is 0 Å². The van der Waals surface area contributed by atoms with Crippen LogP contribution in [0.3, 0.4) is 0 Å². The number of ether oxygens (including phenoxy) is 1. The summed E-state index contributed by atoms with van der Waals surface area (Å²) in [5.41, 5.74) is 0.547. The molecule has 0 radical (unpaired) electrons. The Labute approximate surface area is 118 Å². The monoisotopic (exact) mass is 273 g/mol. The number of ketones is 1. The summed E-state index contributed by atoms with van der Waals surface area (Å²) in [5, 5.41) is 0. The fourth-order valence-electron chi connectivity index (χ4n) is 1.88. The molecular formula is C16H19NO3. The van der Waals surface area contributed by atoms with E-state index in [9.17, 15) is 4.79 Å². The maximum Gasteiger partial charge on any atom is 0.268 e. The molecule has 0 unspecified atom stereocenters. The number of unbranched alkanes of at least 4 members (excludes halogenated alkanes) is 3. The minimum absolute atomic E-state index is 0.109. The van der Waals surface area contributed by atoms with Gasteiger partial charge in [-0.1, -0.05) is 26.2 Å². The zero-order valence-electron chi connectivity index (χ0n) is 11.7. The van der Waals surface area contributed by atoms with Gasteiger partial charge in [-0.25, -0.2) is 4.98 Å². The maximum atomic E-state index is 12.0. The van der Waals surface area contributed by atoms with Crippen LogP contribution in [0.25, 0.3) is 0 Å². The number of aromatic nitrogens is 1. The van der Waals surface area contributed by atoms with E-state index >= 15 is 0 Å². The third kappa shape index (κ3) is 3.95. The van der Waals surface area contributed by atoms with Gasteiger partial charge in [-0.15, -0.1) is 0 Å². The molecule has 4 heteroatoms. The minimum atomic E-state index is -0.218. The number of hydrogen-bond donors (Lipinski definition) is 0. The third-order valence-electron chi connectivity index (χ3n) is 3.01. The first-order valence-corrected chi connectivity index (χ1v) is 6.98. The van der Waals surface area contributed by atoms with Gasteiger partial charge < -0.3 is 9.15 Å². The van der Waals surface area contributed by atoms with Crippen molar-refractivity contribution in [3.8, 4) is 5.75 Å². The molecule has 106 valence electrons. The summed E-state index contributed by atoms with van der Waals surface area (Å²) >= 11 is 0. The number of benzene rings is 1. The molecule has 1 aromatic heterocycles. The van der Waals surface area contributed by atoms with Gasteiger partial charge in [0.1, 0.15) is 12.0 Å². The van der Waals surface area contributed by atoms with Crippen molar-refractivity contribution < 1.29 is 13.9 Å². The van der Waals surface area contributed by atoms with E-state index < -0.39 is 0 Å².